The fraction of sp³-hybridized carbons (Fsp3) is 0.231. The van der Waals surface area contributed by atoms with Gasteiger partial charge in [-0.25, -0.2) is 4.98 Å². The number of aryl methyl sites for hydroxylation is 1. The van der Waals surface area contributed by atoms with E-state index in [0.717, 1.165) is 14.8 Å². The lowest BCUT2D eigenvalue weighted by Crippen LogP contribution is -2.22. The molecule has 2 N–H and O–H groups in total. The number of nitrogens with one attached hydrogen (secondary N) is 1. The Morgan fingerprint density at radius 2 is 2.42 bits per heavy atom. The van der Waals surface area contributed by atoms with Crippen molar-refractivity contribution in [2.75, 3.05) is 6.61 Å². The number of thiophene rings is 1. The summed E-state index contributed by atoms with van der Waals surface area (Å²) in [7, 11) is 0. The summed E-state index contributed by atoms with van der Waals surface area (Å²) in [5.41, 5.74) is 0.584. The van der Waals surface area contributed by atoms with E-state index in [1.807, 2.05) is 6.92 Å². The molecule has 0 aliphatic rings. The molecule has 0 atom stereocenters. The smallest absolute Gasteiger partial charge is 0.252 e. The maximum atomic E-state index is 11.9. The minimum Gasteiger partial charge on any atom is -0.384 e. The third-order valence-electron chi connectivity index (χ3n) is 2.22. The number of carbonyl (C=O) groups excluding carboxylic acids is 1. The van der Waals surface area contributed by atoms with Crippen molar-refractivity contribution in [1.29, 1.82) is 0 Å². The summed E-state index contributed by atoms with van der Waals surface area (Å²) in [4.78, 5) is 18.0. The second-order valence-corrected chi connectivity index (χ2v) is 5.94. The number of nitrogens with zero attached hydrogens (tertiary/aromatic N) is 1. The van der Waals surface area contributed by atoms with Crippen LogP contribution in [0.5, 0.6) is 0 Å². The zero-order chi connectivity index (χ0) is 13.7. The first kappa shape index (κ1) is 13.7. The lowest BCUT2D eigenvalue weighted by molar-refractivity contribution is 0.0951. The Morgan fingerprint density at radius 1 is 1.58 bits per heavy atom. The van der Waals surface area contributed by atoms with E-state index < -0.39 is 0 Å². The highest BCUT2D eigenvalue weighted by molar-refractivity contribution is 7.11. The summed E-state index contributed by atoms with van der Waals surface area (Å²) in [5, 5.41) is 14.1. The van der Waals surface area contributed by atoms with Crippen LogP contribution < -0.4 is 5.32 Å². The molecule has 0 aliphatic heterocycles. The predicted octanol–water partition coefficient (Wildman–Crippen LogP) is 1.79. The van der Waals surface area contributed by atoms with E-state index in [1.165, 1.54) is 11.3 Å². The Hall–Kier alpha value is -1.68. The van der Waals surface area contributed by atoms with Crippen LogP contribution in [0.25, 0.3) is 0 Å². The minimum atomic E-state index is -0.178. The average Bonchev–Trinajstić information content (AvgIpc) is 3.02. The number of rotatable bonds is 3. The van der Waals surface area contributed by atoms with E-state index >= 15 is 0 Å². The second kappa shape index (κ2) is 6.48. The summed E-state index contributed by atoms with van der Waals surface area (Å²) >= 11 is 2.95. The second-order valence-electron chi connectivity index (χ2n) is 3.71. The molecule has 4 nitrogen and oxygen atoms in total. The molecule has 1 amide bonds. The first-order valence-electron chi connectivity index (χ1n) is 5.57. The summed E-state index contributed by atoms with van der Waals surface area (Å²) in [5.74, 6) is 5.19. The van der Waals surface area contributed by atoms with Crippen LogP contribution >= 0.6 is 22.7 Å². The van der Waals surface area contributed by atoms with Crippen LogP contribution in [0.15, 0.2) is 17.6 Å². The van der Waals surface area contributed by atoms with E-state index in [-0.39, 0.29) is 12.5 Å². The predicted molar refractivity (Wildman–Crippen MR) is 76.3 cm³/mol. The van der Waals surface area contributed by atoms with Crippen LogP contribution in [-0.4, -0.2) is 22.6 Å². The molecule has 0 fully saturated rings. The van der Waals surface area contributed by atoms with Gasteiger partial charge in [-0.1, -0.05) is 11.8 Å². The maximum absolute atomic E-state index is 11.9. The van der Waals surface area contributed by atoms with Crippen LogP contribution in [0.1, 0.15) is 25.1 Å². The monoisotopic (exact) mass is 292 g/mol. The molecule has 0 saturated carbocycles. The number of carbonyl (C=O) groups is 1. The van der Waals surface area contributed by atoms with Gasteiger partial charge >= 0.3 is 0 Å². The molecule has 0 aromatic carbocycles. The van der Waals surface area contributed by atoms with Crippen LogP contribution in [0.2, 0.25) is 0 Å². The van der Waals surface area contributed by atoms with Crippen LogP contribution in [0, 0.1) is 18.8 Å². The lowest BCUT2D eigenvalue weighted by Gasteiger charge is -1.99. The Kier molecular flexibility index (Phi) is 4.68. The van der Waals surface area contributed by atoms with Gasteiger partial charge in [-0.05, 0) is 13.0 Å². The van der Waals surface area contributed by atoms with Crippen molar-refractivity contribution in [2.45, 2.75) is 13.5 Å². The molecule has 0 spiro atoms. The molecule has 2 rings (SSSR count). The van der Waals surface area contributed by atoms with Gasteiger partial charge in [0.25, 0.3) is 5.91 Å². The van der Waals surface area contributed by atoms with E-state index in [4.69, 9.17) is 5.11 Å². The van der Waals surface area contributed by atoms with Crippen LogP contribution in [0.4, 0.5) is 0 Å². The Labute approximate surface area is 119 Å². The summed E-state index contributed by atoms with van der Waals surface area (Å²) in [6.45, 7) is 2.24. The summed E-state index contributed by atoms with van der Waals surface area (Å²) in [6, 6.07) is 1.72. The van der Waals surface area contributed by atoms with Crippen molar-refractivity contribution in [3.05, 3.63) is 38.0 Å². The molecule has 98 valence electrons. The Bertz CT molecular complexity index is 634. The van der Waals surface area contributed by atoms with Gasteiger partial charge in [-0.3, -0.25) is 4.79 Å². The van der Waals surface area contributed by atoms with Gasteiger partial charge in [-0.15, -0.1) is 22.7 Å². The van der Waals surface area contributed by atoms with Crippen molar-refractivity contribution in [2.24, 2.45) is 0 Å². The van der Waals surface area contributed by atoms with Crippen molar-refractivity contribution in [1.82, 2.24) is 10.3 Å². The third kappa shape index (κ3) is 3.89. The van der Waals surface area contributed by atoms with Crippen LogP contribution in [0.3, 0.4) is 0 Å². The number of aliphatic hydroxyl groups excluding tert-OH is 1. The number of thiazole rings is 1. The number of hydrogen-bond acceptors (Lipinski definition) is 5. The van der Waals surface area contributed by atoms with Gasteiger partial charge in [-0.2, -0.15) is 0 Å². The first-order valence-corrected chi connectivity index (χ1v) is 7.26. The molecular formula is C13H12N2O2S2. The molecule has 19 heavy (non-hydrogen) atoms. The Morgan fingerprint density at radius 3 is 3.11 bits per heavy atom. The highest BCUT2D eigenvalue weighted by Crippen LogP contribution is 2.14. The molecule has 0 radical (unpaired) electrons. The fourth-order valence-electron chi connectivity index (χ4n) is 1.39. The molecule has 0 aliphatic carbocycles. The molecule has 6 heteroatoms. The molecular weight excluding hydrogens is 280 g/mol. The third-order valence-corrected chi connectivity index (χ3v) is 3.98. The van der Waals surface area contributed by atoms with Gasteiger partial charge in [0, 0.05) is 16.5 Å². The lowest BCUT2D eigenvalue weighted by atomic mass is 10.3. The normalized spacial score (nSPS) is 9.79. The highest BCUT2D eigenvalue weighted by Gasteiger charge is 2.08. The van der Waals surface area contributed by atoms with E-state index in [0.29, 0.717) is 12.1 Å². The quantitative estimate of drug-likeness (QED) is 0.848. The molecule has 0 saturated heterocycles. The zero-order valence-electron chi connectivity index (χ0n) is 10.3. The molecule has 2 heterocycles. The van der Waals surface area contributed by atoms with Gasteiger partial charge in [0.15, 0.2) is 0 Å². The Balaban J connectivity index is 1.94. The zero-order valence-corrected chi connectivity index (χ0v) is 11.9. The van der Waals surface area contributed by atoms with Crippen LogP contribution in [-0.2, 0) is 6.54 Å². The van der Waals surface area contributed by atoms with E-state index in [1.54, 1.807) is 29.0 Å². The van der Waals surface area contributed by atoms with Crippen molar-refractivity contribution in [3.63, 3.8) is 0 Å². The van der Waals surface area contributed by atoms with Crippen molar-refractivity contribution < 1.29 is 9.90 Å². The molecule has 2 aromatic rings. The van der Waals surface area contributed by atoms with Gasteiger partial charge in [0.05, 0.1) is 17.0 Å². The number of hydrogen-bond donors (Lipinski definition) is 2. The molecule has 2 aromatic heterocycles. The fourth-order valence-corrected chi connectivity index (χ4v) is 2.87. The highest BCUT2D eigenvalue weighted by atomic mass is 32.1. The standard InChI is InChI=1S/C13H12N2O2S2/c1-9-6-14-12(19-9)7-15-13(17)10-5-11(18-8-10)3-2-4-16/h5-6,8,16H,4,7H2,1H3,(H,15,17). The van der Waals surface area contributed by atoms with Gasteiger partial charge < -0.3 is 10.4 Å². The SMILES string of the molecule is Cc1cnc(CNC(=O)c2csc(C#CCO)c2)s1. The van der Waals surface area contributed by atoms with Crippen molar-refractivity contribution >= 4 is 28.6 Å². The number of aliphatic hydroxyl groups is 1. The van der Waals surface area contributed by atoms with Gasteiger partial charge in [0.1, 0.15) is 11.6 Å². The van der Waals surface area contributed by atoms with Gasteiger partial charge in [0.2, 0.25) is 0 Å². The summed E-state index contributed by atoms with van der Waals surface area (Å²) < 4.78 is 0. The molecule has 0 unspecified atom stereocenters. The topological polar surface area (TPSA) is 62.2 Å². The minimum absolute atomic E-state index is 0.138. The van der Waals surface area contributed by atoms with E-state index in [9.17, 15) is 4.79 Å². The maximum Gasteiger partial charge on any atom is 0.252 e. The average molecular weight is 292 g/mol. The number of amides is 1. The molecule has 0 bridgehead atoms. The number of aromatic nitrogens is 1. The summed E-state index contributed by atoms with van der Waals surface area (Å²) in [6.07, 6.45) is 1.79. The largest absolute Gasteiger partial charge is 0.384 e. The van der Waals surface area contributed by atoms with E-state index in [2.05, 4.69) is 22.1 Å². The van der Waals surface area contributed by atoms with Crippen molar-refractivity contribution in [3.8, 4) is 11.8 Å². The first-order chi connectivity index (χ1) is 9.19.